The highest BCUT2D eigenvalue weighted by Gasteiger charge is 2.34. The van der Waals surface area contributed by atoms with Gasteiger partial charge >= 0.3 is 12.1 Å². The molecule has 0 amide bonds. The van der Waals surface area contributed by atoms with Crippen LogP contribution < -0.4 is 19.1 Å². The van der Waals surface area contributed by atoms with E-state index >= 15 is 0 Å². The number of halogens is 3. The van der Waals surface area contributed by atoms with Crippen LogP contribution in [0.2, 0.25) is 0 Å². The molecule has 1 unspecified atom stereocenters. The summed E-state index contributed by atoms with van der Waals surface area (Å²) >= 11 is 0. The maximum atomic E-state index is 12.9. The molecule has 1 atom stereocenters. The summed E-state index contributed by atoms with van der Waals surface area (Å²) in [4.78, 5) is 24.8. The number of esters is 1. The van der Waals surface area contributed by atoms with Crippen LogP contribution in [0.3, 0.4) is 0 Å². The third-order valence-electron chi connectivity index (χ3n) is 8.70. The number of aromatic nitrogens is 2. The Morgan fingerprint density at radius 3 is 2.44 bits per heavy atom. The molecular formula is C31H41F3N4O5. The largest absolute Gasteiger partial charge is 0.492 e. The number of fused-ring (bicyclic) bond motifs is 1. The second-order valence-corrected chi connectivity index (χ2v) is 11.6. The number of hydrogen-bond donors (Lipinski definition) is 0. The van der Waals surface area contributed by atoms with E-state index in [-0.39, 0.29) is 17.8 Å². The molecular weight excluding hydrogens is 565 g/mol. The van der Waals surface area contributed by atoms with Gasteiger partial charge in [0.15, 0.2) is 0 Å². The van der Waals surface area contributed by atoms with Crippen LogP contribution in [-0.4, -0.2) is 86.7 Å². The summed E-state index contributed by atoms with van der Waals surface area (Å²) in [6, 6.07) is 3.85. The van der Waals surface area contributed by atoms with Crippen molar-refractivity contribution in [2.45, 2.75) is 63.5 Å². The van der Waals surface area contributed by atoms with Gasteiger partial charge in [0.25, 0.3) is 0 Å². The SMILES string of the molecule is CCOC(=O)CC1CCOc2cnc(OCC3CCN(c4cc(OC)ncc4C4CCN(CC(F)(F)F)CC4)CC3)cc21. The average molecular weight is 607 g/mol. The summed E-state index contributed by atoms with van der Waals surface area (Å²) < 4.78 is 61.1. The summed E-state index contributed by atoms with van der Waals surface area (Å²) in [6.07, 6.45) is 3.57. The predicted molar refractivity (Wildman–Crippen MR) is 154 cm³/mol. The number of nitrogens with zero attached hydrogens (tertiary/aromatic N) is 4. The molecule has 2 aromatic rings. The number of rotatable bonds is 10. The van der Waals surface area contributed by atoms with Crippen molar-refractivity contribution in [3.8, 4) is 17.5 Å². The lowest BCUT2D eigenvalue weighted by Crippen LogP contribution is -2.40. The number of carbonyl (C=O) groups excluding carboxylic acids is 1. The normalized spacial score (nSPS) is 20.3. The summed E-state index contributed by atoms with van der Waals surface area (Å²) in [7, 11) is 1.59. The monoisotopic (exact) mass is 606 g/mol. The molecule has 3 aliphatic rings. The lowest BCUT2D eigenvalue weighted by Gasteiger charge is -2.37. The number of methoxy groups -OCH3 is 1. The van der Waals surface area contributed by atoms with E-state index in [0.717, 1.165) is 49.2 Å². The molecule has 43 heavy (non-hydrogen) atoms. The van der Waals surface area contributed by atoms with E-state index < -0.39 is 12.7 Å². The lowest BCUT2D eigenvalue weighted by molar-refractivity contribution is -0.148. The Labute approximate surface area is 250 Å². The number of anilines is 1. The van der Waals surface area contributed by atoms with E-state index in [0.29, 0.717) is 75.6 Å². The van der Waals surface area contributed by atoms with Gasteiger partial charge in [-0.25, -0.2) is 9.97 Å². The van der Waals surface area contributed by atoms with Crippen LogP contribution in [0, 0.1) is 5.92 Å². The van der Waals surface area contributed by atoms with E-state index in [4.69, 9.17) is 18.9 Å². The van der Waals surface area contributed by atoms with Gasteiger partial charge in [-0.15, -0.1) is 0 Å². The average Bonchev–Trinajstić information content (AvgIpc) is 3.00. The highest BCUT2D eigenvalue weighted by Crippen LogP contribution is 2.39. The van der Waals surface area contributed by atoms with Gasteiger partial charge in [0.05, 0.1) is 46.1 Å². The number of carbonyl (C=O) groups is 1. The Hall–Kier alpha value is -3.28. The Morgan fingerprint density at radius 1 is 1.00 bits per heavy atom. The number of likely N-dealkylation sites (tertiary alicyclic amines) is 1. The fourth-order valence-corrected chi connectivity index (χ4v) is 6.39. The Morgan fingerprint density at radius 2 is 1.74 bits per heavy atom. The molecule has 0 spiro atoms. The van der Waals surface area contributed by atoms with Crippen molar-refractivity contribution in [3.05, 3.63) is 35.7 Å². The first kappa shape index (κ1) is 31.2. The molecule has 2 saturated heterocycles. The highest BCUT2D eigenvalue weighted by molar-refractivity contribution is 5.71. The van der Waals surface area contributed by atoms with E-state index in [1.165, 1.54) is 4.90 Å². The van der Waals surface area contributed by atoms with E-state index in [2.05, 4.69) is 14.9 Å². The molecule has 12 heteroatoms. The fraction of sp³-hybridized carbons (Fsp3) is 0.645. The van der Waals surface area contributed by atoms with Gasteiger partial charge in [-0.05, 0) is 69.5 Å². The van der Waals surface area contributed by atoms with E-state index in [1.807, 2.05) is 18.3 Å². The van der Waals surface area contributed by atoms with Crippen LogP contribution in [0.5, 0.6) is 17.5 Å². The van der Waals surface area contributed by atoms with Crippen LogP contribution in [0.4, 0.5) is 18.9 Å². The molecule has 0 bridgehead atoms. The zero-order chi connectivity index (χ0) is 30.4. The molecule has 0 aromatic carbocycles. The Kier molecular flexibility index (Phi) is 10.1. The molecule has 2 aromatic heterocycles. The van der Waals surface area contributed by atoms with E-state index in [1.54, 1.807) is 20.2 Å². The van der Waals surface area contributed by atoms with Crippen molar-refractivity contribution >= 4 is 11.7 Å². The van der Waals surface area contributed by atoms with Gasteiger partial charge < -0.3 is 23.8 Å². The second kappa shape index (κ2) is 14.0. The maximum absolute atomic E-state index is 12.9. The highest BCUT2D eigenvalue weighted by atomic mass is 19.4. The van der Waals surface area contributed by atoms with Gasteiger partial charge in [-0.3, -0.25) is 9.69 Å². The van der Waals surface area contributed by atoms with Gasteiger partial charge in [-0.2, -0.15) is 13.2 Å². The third kappa shape index (κ3) is 8.21. The number of pyridine rings is 2. The zero-order valence-electron chi connectivity index (χ0n) is 24.9. The van der Waals surface area contributed by atoms with Crippen LogP contribution in [-0.2, 0) is 9.53 Å². The number of ether oxygens (including phenoxy) is 4. The van der Waals surface area contributed by atoms with Crippen LogP contribution in [0.25, 0.3) is 0 Å². The minimum Gasteiger partial charge on any atom is -0.492 e. The molecule has 2 fully saturated rings. The molecule has 0 radical (unpaired) electrons. The molecule has 3 aliphatic heterocycles. The number of hydrogen-bond acceptors (Lipinski definition) is 9. The van der Waals surface area contributed by atoms with Crippen LogP contribution >= 0.6 is 0 Å². The van der Waals surface area contributed by atoms with Crippen molar-refractivity contribution in [2.75, 3.05) is 64.6 Å². The number of alkyl halides is 3. The molecule has 0 aliphatic carbocycles. The molecule has 9 nitrogen and oxygen atoms in total. The van der Waals surface area contributed by atoms with Crippen LogP contribution in [0.1, 0.15) is 68.4 Å². The molecule has 236 valence electrons. The van der Waals surface area contributed by atoms with Crippen molar-refractivity contribution in [2.24, 2.45) is 5.92 Å². The van der Waals surface area contributed by atoms with Crippen molar-refractivity contribution in [1.29, 1.82) is 0 Å². The first-order valence-electron chi connectivity index (χ1n) is 15.2. The molecule has 5 heterocycles. The number of piperidine rings is 2. The molecule has 0 saturated carbocycles. The van der Waals surface area contributed by atoms with Gasteiger partial charge in [0.1, 0.15) is 5.75 Å². The summed E-state index contributed by atoms with van der Waals surface area (Å²) in [6.45, 7) is 4.88. The predicted octanol–water partition coefficient (Wildman–Crippen LogP) is 5.34. The fourth-order valence-electron chi connectivity index (χ4n) is 6.39. The van der Waals surface area contributed by atoms with Crippen LogP contribution in [0.15, 0.2) is 24.5 Å². The summed E-state index contributed by atoms with van der Waals surface area (Å²) in [5.74, 6) is 2.05. The first-order valence-corrected chi connectivity index (χ1v) is 15.2. The topological polar surface area (TPSA) is 86.2 Å². The minimum absolute atomic E-state index is 0.0137. The van der Waals surface area contributed by atoms with Gasteiger partial charge in [0.2, 0.25) is 11.8 Å². The van der Waals surface area contributed by atoms with Crippen molar-refractivity contribution in [3.63, 3.8) is 0 Å². The molecule has 0 N–H and O–H groups in total. The Bertz CT molecular complexity index is 1230. The van der Waals surface area contributed by atoms with Gasteiger partial charge in [0, 0.05) is 48.6 Å². The summed E-state index contributed by atoms with van der Waals surface area (Å²) in [5, 5.41) is 0. The van der Waals surface area contributed by atoms with E-state index in [9.17, 15) is 18.0 Å². The Balaban J connectivity index is 1.17. The van der Waals surface area contributed by atoms with Crippen molar-refractivity contribution in [1.82, 2.24) is 14.9 Å². The smallest absolute Gasteiger partial charge is 0.401 e. The van der Waals surface area contributed by atoms with Crippen molar-refractivity contribution < 1.29 is 36.9 Å². The summed E-state index contributed by atoms with van der Waals surface area (Å²) in [5.41, 5.74) is 3.08. The maximum Gasteiger partial charge on any atom is 0.401 e. The molecule has 5 rings (SSSR count). The quantitative estimate of drug-likeness (QED) is 0.333. The second-order valence-electron chi connectivity index (χ2n) is 11.6. The zero-order valence-corrected chi connectivity index (χ0v) is 24.9. The van der Waals surface area contributed by atoms with Gasteiger partial charge in [-0.1, -0.05) is 0 Å². The minimum atomic E-state index is -4.18. The standard InChI is InChI=1S/C31H41F3N4O5/c1-3-41-30(39)14-23-8-13-42-27-18-36-29(15-24(23)27)43-19-21-4-11-38(12-5-21)26-16-28(40-2)35-17-25(26)22-6-9-37(10-7-22)20-31(32,33)34/h15-18,21-23H,3-14,19-20H2,1-2H3. The lowest BCUT2D eigenvalue weighted by atomic mass is 9.88. The first-order chi connectivity index (χ1) is 20.7. The third-order valence-corrected chi connectivity index (χ3v) is 8.70.